The van der Waals surface area contributed by atoms with E-state index < -0.39 is 0 Å². The molecule has 1 fully saturated rings. The summed E-state index contributed by atoms with van der Waals surface area (Å²) in [5, 5.41) is 3.75. The molecule has 0 saturated carbocycles. The third-order valence-corrected chi connectivity index (χ3v) is 4.42. The first-order valence-corrected chi connectivity index (χ1v) is 8.64. The van der Waals surface area contributed by atoms with Crippen LogP contribution in [-0.2, 0) is 11.2 Å². The Labute approximate surface area is 134 Å². The molecule has 1 unspecified atom stereocenters. The number of rotatable bonds is 7. The van der Waals surface area contributed by atoms with E-state index in [1.807, 2.05) is 17.0 Å². The van der Waals surface area contributed by atoms with Gasteiger partial charge in [0.1, 0.15) is 5.76 Å². The summed E-state index contributed by atoms with van der Waals surface area (Å²) in [6.45, 7) is 8.20. The average molecular weight is 306 g/mol. The van der Waals surface area contributed by atoms with Gasteiger partial charge in [-0.1, -0.05) is 20.8 Å². The number of piperidine rings is 1. The van der Waals surface area contributed by atoms with Crippen LogP contribution < -0.4 is 5.32 Å². The van der Waals surface area contributed by atoms with Gasteiger partial charge in [0.15, 0.2) is 0 Å². The summed E-state index contributed by atoms with van der Waals surface area (Å²) < 4.78 is 5.45. The standard InChI is InChI=1S/C18H30N2O2/c1-4-15(13-17-6-5-11-22-17)19-16-7-9-20(10-8-16)18(21)12-14(2)3/h5-6,11,14-16,19H,4,7-10,12-13H2,1-3H3. The minimum atomic E-state index is 0.316. The van der Waals surface area contributed by atoms with Crippen molar-refractivity contribution in [3.8, 4) is 0 Å². The minimum Gasteiger partial charge on any atom is -0.469 e. The fourth-order valence-electron chi connectivity index (χ4n) is 3.10. The highest BCUT2D eigenvalue weighted by molar-refractivity contribution is 5.76. The first kappa shape index (κ1) is 17.1. The van der Waals surface area contributed by atoms with Gasteiger partial charge in [0, 0.05) is 38.0 Å². The van der Waals surface area contributed by atoms with E-state index in [4.69, 9.17) is 4.42 Å². The van der Waals surface area contributed by atoms with E-state index in [0.29, 0.717) is 30.3 Å². The van der Waals surface area contributed by atoms with Gasteiger partial charge in [-0.25, -0.2) is 0 Å². The van der Waals surface area contributed by atoms with Crippen molar-refractivity contribution in [2.45, 2.75) is 65.0 Å². The second kappa shape index (κ2) is 8.37. The third-order valence-electron chi connectivity index (χ3n) is 4.42. The summed E-state index contributed by atoms with van der Waals surface area (Å²) in [6, 6.07) is 4.95. The minimum absolute atomic E-state index is 0.316. The van der Waals surface area contributed by atoms with Gasteiger partial charge >= 0.3 is 0 Å². The molecular weight excluding hydrogens is 276 g/mol. The number of amides is 1. The van der Waals surface area contributed by atoms with E-state index >= 15 is 0 Å². The lowest BCUT2D eigenvalue weighted by molar-refractivity contribution is -0.133. The first-order valence-electron chi connectivity index (χ1n) is 8.64. The quantitative estimate of drug-likeness (QED) is 0.841. The summed E-state index contributed by atoms with van der Waals surface area (Å²) in [4.78, 5) is 14.1. The predicted octanol–water partition coefficient (Wildman–Crippen LogP) is 3.23. The number of nitrogens with zero attached hydrogens (tertiary/aromatic N) is 1. The molecular formula is C18H30N2O2. The highest BCUT2D eigenvalue weighted by Crippen LogP contribution is 2.16. The lowest BCUT2D eigenvalue weighted by atomic mass is 10.0. The zero-order chi connectivity index (χ0) is 15.9. The molecule has 1 saturated heterocycles. The molecule has 1 aromatic heterocycles. The van der Waals surface area contributed by atoms with Gasteiger partial charge in [-0.2, -0.15) is 0 Å². The van der Waals surface area contributed by atoms with Crippen molar-refractivity contribution in [2.75, 3.05) is 13.1 Å². The second-order valence-electron chi connectivity index (χ2n) is 6.81. The Balaban J connectivity index is 1.75. The van der Waals surface area contributed by atoms with E-state index in [1.165, 1.54) is 0 Å². The highest BCUT2D eigenvalue weighted by Gasteiger charge is 2.24. The van der Waals surface area contributed by atoms with Crippen LogP contribution in [0, 0.1) is 5.92 Å². The molecule has 2 heterocycles. The van der Waals surface area contributed by atoms with Crippen molar-refractivity contribution in [1.29, 1.82) is 0 Å². The largest absolute Gasteiger partial charge is 0.469 e. The molecule has 1 aliphatic heterocycles. The van der Waals surface area contributed by atoms with Crippen molar-refractivity contribution in [1.82, 2.24) is 10.2 Å². The average Bonchev–Trinajstić information content (AvgIpc) is 2.99. The second-order valence-corrected chi connectivity index (χ2v) is 6.81. The van der Waals surface area contributed by atoms with Crippen LogP contribution in [0.1, 0.15) is 52.2 Å². The summed E-state index contributed by atoms with van der Waals surface area (Å²) in [5.74, 6) is 1.81. The number of carbonyl (C=O) groups excluding carboxylic acids is 1. The Morgan fingerprint density at radius 2 is 2.14 bits per heavy atom. The Morgan fingerprint density at radius 3 is 2.68 bits per heavy atom. The van der Waals surface area contributed by atoms with Gasteiger partial charge in [0.25, 0.3) is 0 Å². The number of nitrogens with one attached hydrogen (secondary N) is 1. The smallest absolute Gasteiger partial charge is 0.222 e. The maximum atomic E-state index is 12.1. The number of hydrogen-bond acceptors (Lipinski definition) is 3. The fourth-order valence-corrected chi connectivity index (χ4v) is 3.10. The van der Waals surface area contributed by atoms with Gasteiger partial charge in [-0.15, -0.1) is 0 Å². The maximum absolute atomic E-state index is 12.1. The van der Waals surface area contributed by atoms with Crippen LogP contribution in [0.5, 0.6) is 0 Å². The SMILES string of the molecule is CCC(Cc1ccco1)NC1CCN(C(=O)CC(C)C)CC1. The zero-order valence-electron chi connectivity index (χ0n) is 14.2. The number of hydrogen-bond donors (Lipinski definition) is 1. The molecule has 1 amide bonds. The Morgan fingerprint density at radius 1 is 1.41 bits per heavy atom. The molecule has 4 nitrogen and oxygen atoms in total. The monoisotopic (exact) mass is 306 g/mol. The Bertz CT molecular complexity index is 434. The van der Waals surface area contributed by atoms with Crippen LogP contribution in [0.4, 0.5) is 0 Å². The molecule has 0 radical (unpaired) electrons. The number of carbonyl (C=O) groups is 1. The number of furan rings is 1. The van der Waals surface area contributed by atoms with Gasteiger partial charge in [-0.05, 0) is 37.3 Å². The molecule has 0 aromatic carbocycles. The van der Waals surface area contributed by atoms with Crippen LogP contribution in [0.3, 0.4) is 0 Å². The van der Waals surface area contributed by atoms with Gasteiger partial charge < -0.3 is 14.6 Å². The maximum Gasteiger partial charge on any atom is 0.222 e. The number of likely N-dealkylation sites (tertiary alicyclic amines) is 1. The van der Waals surface area contributed by atoms with Gasteiger partial charge in [0.05, 0.1) is 6.26 Å². The van der Waals surface area contributed by atoms with Crippen LogP contribution >= 0.6 is 0 Å². The predicted molar refractivity (Wildman–Crippen MR) is 88.7 cm³/mol. The van der Waals surface area contributed by atoms with Crippen LogP contribution in [-0.4, -0.2) is 36.0 Å². The molecule has 0 bridgehead atoms. The molecule has 4 heteroatoms. The molecule has 0 aliphatic carbocycles. The van der Waals surface area contributed by atoms with E-state index in [9.17, 15) is 4.79 Å². The molecule has 1 N–H and O–H groups in total. The molecule has 1 aliphatic rings. The van der Waals surface area contributed by atoms with E-state index in [0.717, 1.165) is 44.5 Å². The van der Waals surface area contributed by atoms with E-state index in [1.54, 1.807) is 6.26 Å². The summed E-state index contributed by atoms with van der Waals surface area (Å²) in [7, 11) is 0. The van der Waals surface area contributed by atoms with Gasteiger partial charge in [-0.3, -0.25) is 4.79 Å². The Hall–Kier alpha value is -1.29. The van der Waals surface area contributed by atoms with Gasteiger partial charge in [0.2, 0.25) is 5.91 Å². The molecule has 1 atom stereocenters. The third kappa shape index (κ3) is 5.16. The first-order chi connectivity index (χ1) is 10.6. The summed E-state index contributed by atoms with van der Waals surface area (Å²) >= 11 is 0. The fraction of sp³-hybridized carbons (Fsp3) is 0.722. The molecule has 124 valence electrons. The molecule has 0 spiro atoms. The topological polar surface area (TPSA) is 45.5 Å². The van der Waals surface area contributed by atoms with E-state index in [2.05, 4.69) is 26.1 Å². The summed E-state index contributed by atoms with van der Waals surface area (Å²) in [5.41, 5.74) is 0. The molecule has 22 heavy (non-hydrogen) atoms. The van der Waals surface area contributed by atoms with Crippen molar-refractivity contribution < 1.29 is 9.21 Å². The van der Waals surface area contributed by atoms with Crippen LogP contribution in [0.25, 0.3) is 0 Å². The van der Waals surface area contributed by atoms with Crippen molar-refractivity contribution >= 4 is 5.91 Å². The van der Waals surface area contributed by atoms with Crippen molar-refractivity contribution in [2.24, 2.45) is 5.92 Å². The normalized spacial score (nSPS) is 17.9. The zero-order valence-corrected chi connectivity index (χ0v) is 14.2. The lowest BCUT2D eigenvalue weighted by Crippen LogP contribution is -2.48. The van der Waals surface area contributed by atoms with Crippen LogP contribution in [0.15, 0.2) is 22.8 Å². The summed E-state index contributed by atoms with van der Waals surface area (Å²) in [6.07, 6.45) is 6.55. The molecule has 2 rings (SSSR count). The lowest BCUT2D eigenvalue weighted by Gasteiger charge is -2.34. The van der Waals surface area contributed by atoms with Crippen molar-refractivity contribution in [3.63, 3.8) is 0 Å². The Kier molecular flexibility index (Phi) is 6.49. The van der Waals surface area contributed by atoms with E-state index in [-0.39, 0.29) is 0 Å². The van der Waals surface area contributed by atoms with Crippen molar-refractivity contribution in [3.05, 3.63) is 24.2 Å². The highest BCUT2D eigenvalue weighted by atomic mass is 16.3. The van der Waals surface area contributed by atoms with Crippen LogP contribution in [0.2, 0.25) is 0 Å². The molecule has 1 aromatic rings.